The average molecular weight is 163 g/mol. The van der Waals surface area contributed by atoms with E-state index in [0.29, 0.717) is 0 Å². The molecule has 0 aliphatic carbocycles. The quantitative estimate of drug-likeness (QED) is 0.256. The van der Waals surface area contributed by atoms with Crippen molar-refractivity contribution in [1.29, 1.82) is 0 Å². The molecule has 44 valence electrons. The Balaban J connectivity index is -0.000000180. The van der Waals surface area contributed by atoms with E-state index in [1.54, 1.807) is 0 Å². The van der Waals surface area contributed by atoms with Gasteiger partial charge in [0.15, 0.2) is 0 Å². The summed E-state index contributed by atoms with van der Waals surface area (Å²) in [5.41, 5.74) is 0. The average Bonchev–Trinajstić information content (AvgIpc) is 1.27. The van der Waals surface area contributed by atoms with Crippen LogP contribution in [0.2, 0.25) is 0 Å². The molecule has 0 saturated carbocycles. The Morgan fingerprint density at radius 2 is 2.12 bits per heavy atom. The fourth-order valence-electron chi connectivity index (χ4n) is 0.115. The molecule has 6 heteroatoms. The first-order chi connectivity index (χ1) is 3.13. The summed E-state index contributed by atoms with van der Waals surface area (Å²) in [6, 6.07) is 0. The van der Waals surface area contributed by atoms with Gasteiger partial charge in [0, 0.05) is 6.92 Å². The Labute approximate surface area is 82.6 Å². The van der Waals surface area contributed by atoms with E-state index in [1.807, 2.05) is 0 Å². The Hall–Kier alpha value is 1.13. The fraction of sp³-hybridized carbons (Fsp3) is 0.500. The molecule has 0 unspecified atom stereocenters. The number of thiol groups is 2. The van der Waals surface area contributed by atoms with Gasteiger partial charge in [-0.05, 0) is 29.5 Å². The topological polar surface area (TPSA) is 29.5 Å². The van der Waals surface area contributed by atoms with Crippen LogP contribution in [0.15, 0.2) is 0 Å². The molecule has 3 nitrogen and oxygen atoms in total. The summed E-state index contributed by atoms with van der Waals surface area (Å²) in [6.45, 7) is 1.26. The Morgan fingerprint density at radius 1 is 1.75 bits per heavy atom. The second-order valence-corrected chi connectivity index (χ2v) is 1.88. The Bertz CT molecular complexity index is 83.0. The summed E-state index contributed by atoms with van der Waals surface area (Å²) in [7, 11) is 0. The maximum atomic E-state index is 9.89. The molecular weight excluding hydrogens is 157 g/mol. The molecule has 0 spiro atoms. The van der Waals surface area contributed by atoms with Crippen molar-refractivity contribution in [1.82, 2.24) is 3.87 Å². The van der Waals surface area contributed by atoms with E-state index >= 15 is 0 Å². The zero-order valence-electron chi connectivity index (χ0n) is 5.66. The minimum Gasteiger partial charge on any atom is -1.00 e. The van der Waals surface area contributed by atoms with Gasteiger partial charge in [0.2, 0.25) is 0 Å². The summed E-state index contributed by atoms with van der Waals surface area (Å²) < 4.78 is 0.738. The van der Waals surface area contributed by atoms with Crippen LogP contribution < -0.4 is 29.6 Å². The van der Waals surface area contributed by atoms with Crippen molar-refractivity contribution >= 4 is 31.6 Å². The van der Waals surface area contributed by atoms with Crippen molar-refractivity contribution in [3.63, 3.8) is 0 Å². The molecule has 0 aromatic carbocycles. The number of nitrogens with zero attached hydrogens (tertiary/aromatic N) is 1. The molecule has 0 radical (unpaired) electrons. The van der Waals surface area contributed by atoms with Gasteiger partial charge in [0.25, 0.3) is 0 Å². The summed E-state index contributed by atoms with van der Waals surface area (Å²) in [5.74, 6) is -0.440. The second-order valence-electron chi connectivity index (χ2n) is 0.836. The molecule has 0 saturated heterocycles. The molecule has 0 aromatic heterocycles. The minimum absolute atomic E-state index is 0. The molecule has 8 heavy (non-hydrogen) atoms. The van der Waals surface area contributed by atoms with E-state index in [0.717, 1.165) is 3.87 Å². The summed E-state index contributed by atoms with van der Waals surface area (Å²) in [4.78, 5) is 14.1. The van der Waals surface area contributed by atoms with Crippen LogP contribution in [0.1, 0.15) is 8.35 Å². The van der Waals surface area contributed by atoms with Gasteiger partial charge in [0.1, 0.15) is 0 Å². The van der Waals surface area contributed by atoms with Crippen molar-refractivity contribution in [2.45, 2.75) is 6.92 Å². The van der Waals surface area contributed by atoms with E-state index in [-0.39, 0.29) is 31.0 Å². The Morgan fingerprint density at radius 3 is 2.12 bits per heavy atom. The van der Waals surface area contributed by atoms with Crippen molar-refractivity contribution in [3.05, 3.63) is 0 Å². The van der Waals surface area contributed by atoms with Gasteiger partial charge in [-0.3, -0.25) is 4.79 Å². The molecule has 0 bridgehead atoms. The van der Waals surface area contributed by atoms with Crippen LogP contribution in [0.3, 0.4) is 0 Å². The van der Waals surface area contributed by atoms with Crippen LogP contribution in [-0.2, 0) is 9.63 Å². The first-order valence-corrected chi connectivity index (χ1v) is 2.29. The van der Waals surface area contributed by atoms with Crippen molar-refractivity contribution in [3.8, 4) is 0 Å². The maximum Gasteiger partial charge on any atom is 1.00 e. The molecule has 0 aliphatic heterocycles. The van der Waals surface area contributed by atoms with Crippen molar-refractivity contribution in [2.75, 3.05) is 0 Å². The molecule has 0 fully saturated rings. The van der Waals surface area contributed by atoms with Crippen LogP contribution in [0, 0.1) is 0 Å². The van der Waals surface area contributed by atoms with E-state index in [9.17, 15) is 4.79 Å². The van der Waals surface area contributed by atoms with Crippen LogP contribution in [0.5, 0.6) is 0 Å². The molecule has 0 rings (SSSR count). The standard InChI is InChI=1S/C2H5NO2S2.Na.H/c1-2(4)5-3(6)7;;/h6-7H,1H3;;/q;+1;-1. The molecule has 0 aromatic rings. The minimum atomic E-state index is -0.440. The number of carbonyl (C=O) groups is 1. The van der Waals surface area contributed by atoms with Gasteiger partial charge in [-0.2, -0.15) is 0 Å². The first-order valence-electron chi connectivity index (χ1n) is 1.49. The van der Waals surface area contributed by atoms with Gasteiger partial charge in [-0.1, -0.05) is 0 Å². The third-order valence-corrected chi connectivity index (χ3v) is 0.374. The van der Waals surface area contributed by atoms with Crippen LogP contribution in [-0.4, -0.2) is 9.84 Å². The van der Waals surface area contributed by atoms with Gasteiger partial charge in [-0.25, -0.2) is 0 Å². The third kappa shape index (κ3) is 10.2. The van der Waals surface area contributed by atoms with Crippen molar-refractivity contribution in [2.24, 2.45) is 0 Å². The molecule has 0 heterocycles. The summed E-state index contributed by atoms with van der Waals surface area (Å²) in [6.07, 6.45) is 0. The van der Waals surface area contributed by atoms with Gasteiger partial charge in [0.05, 0.1) is 0 Å². The van der Waals surface area contributed by atoms with Crippen LogP contribution >= 0.6 is 25.6 Å². The number of carbonyl (C=O) groups excluding carboxylic acids is 1. The van der Waals surface area contributed by atoms with E-state index in [4.69, 9.17) is 0 Å². The van der Waals surface area contributed by atoms with Crippen molar-refractivity contribution < 1.29 is 40.6 Å². The summed E-state index contributed by atoms with van der Waals surface area (Å²) >= 11 is 6.98. The predicted molar refractivity (Wildman–Crippen MR) is 32.7 cm³/mol. The second kappa shape index (κ2) is 6.25. The predicted octanol–water partition coefficient (Wildman–Crippen LogP) is -2.43. The largest absolute Gasteiger partial charge is 1.00 e. The molecule has 0 N–H and O–H groups in total. The van der Waals surface area contributed by atoms with Crippen LogP contribution in [0.4, 0.5) is 0 Å². The van der Waals surface area contributed by atoms with Crippen LogP contribution in [0.25, 0.3) is 0 Å². The fourth-order valence-corrected chi connectivity index (χ4v) is 0.345. The monoisotopic (exact) mass is 163 g/mol. The van der Waals surface area contributed by atoms with Gasteiger partial charge >= 0.3 is 35.5 Å². The SMILES string of the molecule is CC(=O)ON(S)S.[H-].[Na+]. The number of hydrogen-bond donors (Lipinski definition) is 2. The smallest absolute Gasteiger partial charge is 1.00 e. The molecule has 0 aliphatic rings. The number of rotatable bonds is 1. The zero-order valence-corrected chi connectivity index (χ0v) is 8.45. The van der Waals surface area contributed by atoms with E-state index in [1.165, 1.54) is 6.92 Å². The Kier molecular flexibility index (Phi) is 9.28. The van der Waals surface area contributed by atoms with Gasteiger partial charge in [-0.15, -0.1) is 0 Å². The molecular formula is C2H6NNaO2S2. The zero-order chi connectivity index (χ0) is 5.86. The summed E-state index contributed by atoms with van der Waals surface area (Å²) in [5, 5.41) is 0. The molecule has 0 amide bonds. The normalized spacial score (nSPS) is 8.00. The van der Waals surface area contributed by atoms with Gasteiger partial charge < -0.3 is 6.26 Å². The molecule has 0 atom stereocenters. The third-order valence-electron chi connectivity index (χ3n) is 0.210. The maximum absolute atomic E-state index is 9.89. The van der Waals surface area contributed by atoms with E-state index < -0.39 is 5.97 Å². The first kappa shape index (κ1) is 11.9. The van der Waals surface area contributed by atoms with E-state index in [2.05, 4.69) is 30.5 Å². The number of hydrogen-bond acceptors (Lipinski definition) is 5.